The highest BCUT2D eigenvalue weighted by atomic mass is 16.5. The van der Waals surface area contributed by atoms with Crippen LogP contribution in [-0.4, -0.2) is 23.5 Å². The van der Waals surface area contributed by atoms with E-state index in [2.05, 4.69) is 21.7 Å². The zero-order chi connectivity index (χ0) is 19.1. The number of anilines is 2. The molecule has 0 atom stereocenters. The molecule has 6 rings (SSSR count). The van der Waals surface area contributed by atoms with Crippen molar-refractivity contribution in [2.75, 3.05) is 17.7 Å². The van der Waals surface area contributed by atoms with E-state index in [1.54, 1.807) is 25.4 Å². The Balaban J connectivity index is 1.35. The molecule has 4 fully saturated rings. The number of amides is 1. The summed E-state index contributed by atoms with van der Waals surface area (Å²) in [7, 11) is 1.56. The number of hydrogen-bond acceptors (Lipinski definition) is 4. The van der Waals surface area contributed by atoms with E-state index in [1.807, 2.05) is 18.2 Å². The monoisotopic (exact) mass is 377 g/mol. The smallest absolute Gasteiger partial charge is 0.257 e. The van der Waals surface area contributed by atoms with E-state index < -0.39 is 0 Å². The number of rotatable bonds is 5. The van der Waals surface area contributed by atoms with Crippen molar-refractivity contribution in [1.29, 1.82) is 0 Å². The van der Waals surface area contributed by atoms with Gasteiger partial charge in [-0.3, -0.25) is 4.79 Å². The zero-order valence-corrected chi connectivity index (χ0v) is 16.3. The van der Waals surface area contributed by atoms with Gasteiger partial charge < -0.3 is 15.4 Å². The number of hydrogen-bond donors (Lipinski definition) is 2. The lowest BCUT2D eigenvalue weighted by Crippen LogP contribution is -2.54. The molecule has 28 heavy (non-hydrogen) atoms. The van der Waals surface area contributed by atoms with Gasteiger partial charge in [0.25, 0.3) is 5.91 Å². The van der Waals surface area contributed by atoms with Crippen LogP contribution in [0.15, 0.2) is 42.6 Å². The third kappa shape index (κ3) is 3.23. The highest BCUT2D eigenvalue weighted by molar-refractivity contribution is 6.05. The van der Waals surface area contributed by atoms with Gasteiger partial charge in [-0.05, 0) is 74.5 Å². The largest absolute Gasteiger partial charge is 0.481 e. The molecule has 4 aliphatic carbocycles. The summed E-state index contributed by atoms with van der Waals surface area (Å²) in [5.74, 6) is 2.98. The summed E-state index contributed by atoms with van der Waals surface area (Å²) in [6.07, 6.45) is 9.61. The predicted octanol–water partition coefficient (Wildman–Crippen LogP) is 4.72. The number of benzene rings is 1. The molecular formula is C23H27N3O2. The van der Waals surface area contributed by atoms with Gasteiger partial charge in [-0.15, -0.1) is 0 Å². The second-order valence-electron chi connectivity index (χ2n) is 8.91. The third-order valence-electron chi connectivity index (χ3n) is 6.82. The van der Waals surface area contributed by atoms with Crippen LogP contribution in [0.5, 0.6) is 5.88 Å². The number of carbonyl (C=O) groups excluding carboxylic acids is 1. The van der Waals surface area contributed by atoms with Gasteiger partial charge in [-0.1, -0.05) is 12.1 Å². The van der Waals surface area contributed by atoms with Crippen LogP contribution in [0.4, 0.5) is 11.4 Å². The number of nitrogens with zero attached hydrogens (tertiary/aromatic N) is 1. The van der Waals surface area contributed by atoms with E-state index in [0.29, 0.717) is 11.4 Å². The van der Waals surface area contributed by atoms with Crippen molar-refractivity contribution in [3.8, 4) is 5.88 Å². The maximum absolute atomic E-state index is 12.7. The quantitative estimate of drug-likeness (QED) is 0.791. The summed E-state index contributed by atoms with van der Waals surface area (Å²) in [4.78, 5) is 16.8. The molecule has 0 aliphatic heterocycles. The van der Waals surface area contributed by atoms with Crippen LogP contribution >= 0.6 is 0 Å². The molecule has 2 aromatic rings. The van der Waals surface area contributed by atoms with Gasteiger partial charge in [-0.2, -0.15) is 0 Å². The molecule has 1 heterocycles. The molecular weight excluding hydrogens is 350 g/mol. The average Bonchev–Trinajstić information content (AvgIpc) is 2.68. The fourth-order valence-electron chi connectivity index (χ4n) is 6.08. The first-order chi connectivity index (χ1) is 13.6. The second kappa shape index (κ2) is 6.80. The Kier molecular flexibility index (Phi) is 4.26. The van der Waals surface area contributed by atoms with Gasteiger partial charge in [0, 0.05) is 17.8 Å². The normalized spacial score (nSPS) is 30.1. The van der Waals surface area contributed by atoms with Gasteiger partial charge in [-0.25, -0.2) is 4.98 Å². The summed E-state index contributed by atoms with van der Waals surface area (Å²) in [5, 5.41) is 6.94. The topological polar surface area (TPSA) is 63.2 Å². The molecule has 0 unspecified atom stereocenters. The molecule has 1 amide bonds. The molecule has 1 aromatic carbocycles. The minimum absolute atomic E-state index is 0.157. The Bertz CT molecular complexity index is 842. The zero-order valence-electron chi connectivity index (χ0n) is 16.3. The lowest BCUT2D eigenvalue weighted by molar-refractivity contribution is 0.0107. The van der Waals surface area contributed by atoms with Crippen LogP contribution in [0.1, 0.15) is 48.9 Å². The van der Waals surface area contributed by atoms with E-state index in [9.17, 15) is 4.79 Å². The summed E-state index contributed by atoms with van der Waals surface area (Å²) in [6.45, 7) is 0. The molecule has 146 valence electrons. The Morgan fingerprint density at radius 2 is 1.64 bits per heavy atom. The minimum atomic E-state index is -0.157. The van der Waals surface area contributed by atoms with Gasteiger partial charge in [0.05, 0.1) is 24.0 Å². The lowest BCUT2D eigenvalue weighted by Gasteiger charge is -2.57. The third-order valence-corrected chi connectivity index (χ3v) is 6.82. The number of carbonyl (C=O) groups is 1. The first-order valence-electron chi connectivity index (χ1n) is 10.3. The standard InChI is InChI=1S/C23H27N3O2/c1-28-21-7-6-18(14-24-21)22(27)25-19-4-2-3-5-20(19)26-23-11-15-8-16(12-23)10-17(9-15)13-23/h2-7,14-17,26H,8-13H2,1H3,(H,25,27). The number of nitrogens with one attached hydrogen (secondary N) is 2. The van der Waals surface area contributed by atoms with Crippen molar-refractivity contribution in [2.24, 2.45) is 17.8 Å². The number of ether oxygens (including phenoxy) is 1. The van der Waals surface area contributed by atoms with Crippen LogP contribution in [0.25, 0.3) is 0 Å². The molecule has 4 aliphatic rings. The first kappa shape index (κ1) is 17.5. The molecule has 0 radical (unpaired) electrons. The van der Waals surface area contributed by atoms with E-state index in [0.717, 1.165) is 29.1 Å². The summed E-state index contributed by atoms with van der Waals surface area (Å²) >= 11 is 0. The Morgan fingerprint density at radius 1 is 1.00 bits per heavy atom. The van der Waals surface area contributed by atoms with E-state index >= 15 is 0 Å². The predicted molar refractivity (Wildman–Crippen MR) is 110 cm³/mol. The molecule has 5 nitrogen and oxygen atoms in total. The number of methoxy groups -OCH3 is 1. The molecule has 2 N–H and O–H groups in total. The molecule has 0 spiro atoms. The lowest BCUT2D eigenvalue weighted by atomic mass is 9.53. The van der Waals surface area contributed by atoms with Crippen LogP contribution in [0, 0.1) is 17.8 Å². The van der Waals surface area contributed by atoms with Crippen molar-refractivity contribution in [3.05, 3.63) is 48.2 Å². The Hall–Kier alpha value is -2.56. The number of para-hydroxylation sites is 2. The van der Waals surface area contributed by atoms with E-state index in [-0.39, 0.29) is 11.4 Å². The van der Waals surface area contributed by atoms with Crippen LogP contribution in [0.3, 0.4) is 0 Å². The van der Waals surface area contributed by atoms with Gasteiger partial charge in [0.1, 0.15) is 0 Å². The van der Waals surface area contributed by atoms with Crippen molar-refractivity contribution in [2.45, 2.75) is 44.1 Å². The fourth-order valence-corrected chi connectivity index (χ4v) is 6.08. The summed E-state index contributed by atoms with van der Waals surface area (Å²) in [6, 6.07) is 11.5. The summed E-state index contributed by atoms with van der Waals surface area (Å²) in [5.41, 5.74) is 2.58. The Labute approximate surface area is 165 Å². The van der Waals surface area contributed by atoms with Crippen molar-refractivity contribution in [1.82, 2.24) is 4.98 Å². The fraction of sp³-hybridized carbons (Fsp3) is 0.478. The highest BCUT2D eigenvalue weighted by Gasteiger charge is 2.51. The SMILES string of the molecule is COc1ccc(C(=O)Nc2ccccc2NC23CC4CC(CC(C4)C2)C3)cn1. The maximum Gasteiger partial charge on any atom is 0.257 e. The van der Waals surface area contributed by atoms with E-state index in [4.69, 9.17) is 4.74 Å². The number of aromatic nitrogens is 1. The second-order valence-corrected chi connectivity index (χ2v) is 8.91. The maximum atomic E-state index is 12.7. The van der Waals surface area contributed by atoms with Crippen molar-refractivity contribution < 1.29 is 9.53 Å². The molecule has 1 aromatic heterocycles. The van der Waals surface area contributed by atoms with Crippen LogP contribution in [0.2, 0.25) is 0 Å². The molecule has 4 bridgehead atoms. The van der Waals surface area contributed by atoms with Gasteiger partial charge >= 0.3 is 0 Å². The van der Waals surface area contributed by atoms with E-state index in [1.165, 1.54) is 38.5 Å². The molecule has 4 saturated carbocycles. The molecule has 0 saturated heterocycles. The van der Waals surface area contributed by atoms with Gasteiger partial charge in [0.15, 0.2) is 0 Å². The van der Waals surface area contributed by atoms with Gasteiger partial charge in [0.2, 0.25) is 5.88 Å². The minimum Gasteiger partial charge on any atom is -0.481 e. The van der Waals surface area contributed by atoms with Crippen LogP contribution in [-0.2, 0) is 0 Å². The summed E-state index contributed by atoms with van der Waals surface area (Å²) < 4.78 is 5.07. The van der Waals surface area contributed by atoms with Crippen LogP contribution < -0.4 is 15.4 Å². The molecule has 5 heteroatoms. The first-order valence-corrected chi connectivity index (χ1v) is 10.3. The average molecular weight is 377 g/mol. The highest BCUT2D eigenvalue weighted by Crippen LogP contribution is 2.56. The van der Waals surface area contributed by atoms with Crippen molar-refractivity contribution >= 4 is 17.3 Å². The van der Waals surface area contributed by atoms with Crippen molar-refractivity contribution in [3.63, 3.8) is 0 Å². The number of pyridine rings is 1. The Morgan fingerprint density at radius 3 is 2.21 bits per heavy atom.